The lowest BCUT2D eigenvalue weighted by Gasteiger charge is -2.25. The van der Waals surface area contributed by atoms with Gasteiger partial charge in [-0.05, 0) is 48.7 Å². The van der Waals surface area contributed by atoms with E-state index in [1.807, 2.05) is 0 Å². The quantitative estimate of drug-likeness (QED) is 0.495. The minimum absolute atomic E-state index is 0.236. The number of benzene rings is 2. The summed E-state index contributed by atoms with van der Waals surface area (Å²) in [6.45, 7) is 1.15. The molecular formula is C22H21N5O4S. The van der Waals surface area contributed by atoms with Crippen molar-refractivity contribution in [2.75, 3.05) is 13.1 Å². The van der Waals surface area contributed by atoms with E-state index in [-0.39, 0.29) is 5.56 Å². The smallest absolute Gasteiger partial charge is 0.258 e. The molecule has 1 aliphatic heterocycles. The molecule has 0 spiro atoms. The van der Waals surface area contributed by atoms with Gasteiger partial charge in [-0.25, -0.2) is 13.4 Å². The molecule has 1 saturated heterocycles. The Morgan fingerprint density at radius 3 is 2.59 bits per heavy atom. The maximum Gasteiger partial charge on any atom is 0.258 e. The third-order valence-electron chi connectivity index (χ3n) is 5.60. The molecule has 0 unspecified atom stereocenters. The van der Waals surface area contributed by atoms with E-state index in [2.05, 4.69) is 20.1 Å². The lowest BCUT2D eigenvalue weighted by molar-refractivity contribution is 0.346. The lowest BCUT2D eigenvalue weighted by Crippen LogP contribution is -2.35. The minimum atomic E-state index is -3.46. The van der Waals surface area contributed by atoms with Gasteiger partial charge in [0.2, 0.25) is 21.7 Å². The summed E-state index contributed by atoms with van der Waals surface area (Å²) in [6.07, 6.45) is 4.61. The molecule has 0 aliphatic carbocycles. The van der Waals surface area contributed by atoms with Crippen LogP contribution in [0.4, 0.5) is 0 Å². The van der Waals surface area contributed by atoms with Crippen molar-refractivity contribution < 1.29 is 12.9 Å². The molecule has 1 N–H and O–H groups in total. The molecule has 1 aliphatic rings. The predicted molar refractivity (Wildman–Crippen MR) is 118 cm³/mol. The summed E-state index contributed by atoms with van der Waals surface area (Å²) in [6, 6.07) is 12.0. The number of piperidine rings is 1. The van der Waals surface area contributed by atoms with Crippen LogP contribution in [-0.4, -0.2) is 45.9 Å². The molecule has 0 atom stereocenters. The van der Waals surface area contributed by atoms with Crippen molar-refractivity contribution in [3.63, 3.8) is 0 Å². The number of hydrogen-bond donors (Lipinski definition) is 1. The Morgan fingerprint density at radius 1 is 1.03 bits per heavy atom. The molecule has 164 valence electrons. The summed E-state index contributed by atoms with van der Waals surface area (Å²) in [5.41, 5.74) is 1.85. The third-order valence-corrected chi connectivity index (χ3v) is 7.51. The number of H-pyrrole nitrogens is 1. The average molecular weight is 452 g/mol. The molecule has 10 heteroatoms. The van der Waals surface area contributed by atoms with Gasteiger partial charge in [-0.3, -0.25) is 4.79 Å². The van der Waals surface area contributed by atoms with Crippen LogP contribution >= 0.6 is 0 Å². The number of rotatable bonds is 5. The second kappa shape index (κ2) is 8.29. The molecule has 1 fully saturated rings. The van der Waals surface area contributed by atoms with Gasteiger partial charge in [0, 0.05) is 18.7 Å². The first-order valence-electron chi connectivity index (χ1n) is 10.4. The first kappa shape index (κ1) is 20.5. The summed E-state index contributed by atoms with van der Waals surface area (Å²) in [7, 11) is -3.46. The number of nitrogens with zero attached hydrogens (tertiary/aromatic N) is 4. The van der Waals surface area contributed by atoms with Crippen molar-refractivity contribution >= 4 is 20.9 Å². The van der Waals surface area contributed by atoms with E-state index in [0.29, 0.717) is 52.6 Å². The first-order chi connectivity index (χ1) is 15.5. The highest BCUT2D eigenvalue weighted by molar-refractivity contribution is 7.89. The minimum Gasteiger partial charge on any atom is -0.339 e. The van der Waals surface area contributed by atoms with E-state index < -0.39 is 10.0 Å². The van der Waals surface area contributed by atoms with Crippen molar-refractivity contribution in [1.82, 2.24) is 24.4 Å². The third kappa shape index (κ3) is 3.94. The summed E-state index contributed by atoms with van der Waals surface area (Å²) < 4.78 is 32.5. The van der Waals surface area contributed by atoms with E-state index in [4.69, 9.17) is 4.52 Å². The van der Waals surface area contributed by atoms with Gasteiger partial charge in [-0.1, -0.05) is 23.7 Å². The highest BCUT2D eigenvalue weighted by Gasteiger charge is 2.25. The van der Waals surface area contributed by atoms with Gasteiger partial charge in [0.1, 0.15) is 0 Å². The molecule has 0 bridgehead atoms. The van der Waals surface area contributed by atoms with E-state index in [0.717, 1.165) is 24.8 Å². The Bertz CT molecular complexity index is 1420. The molecule has 0 saturated carbocycles. The van der Waals surface area contributed by atoms with Crippen molar-refractivity contribution in [2.24, 2.45) is 0 Å². The average Bonchev–Trinajstić information content (AvgIpc) is 3.28. The molecule has 3 heterocycles. The summed E-state index contributed by atoms with van der Waals surface area (Å²) in [4.78, 5) is 23.4. The Balaban J connectivity index is 1.34. The van der Waals surface area contributed by atoms with Gasteiger partial charge in [0.05, 0.1) is 28.5 Å². The molecule has 5 rings (SSSR count). The standard InChI is InChI=1S/C22H21N5O4S/c28-22-18-13-16(6-9-19(18)23-14-24-22)21-25-20(31-26-21)12-15-4-7-17(8-5-15)32(29,30)27-10-2-1-3-11-27/h4-9,13-14H,1-3,10-12H2,(H,23,24,28). The fraction of sp³-hybridized carbons (Fsp3) is 0.273. The van der Waals surface area contributed by atoms with Crippen molar-refractivity contribution in [2.45, 2.75) is 30.6 Å². The zero-order chi connectivity index (χ0) is 22.1. The summed E-state index contributed by atoms with van der Waals surface area (Å²) in [5.74, 6) is 0.765. The normalized spacial score (nSPS) is 15.2. The molecule has 0 amide bonds. The van der Waals surface area contributed by atoms with E-state index in [1.54, 1.807) is 46.8 Å². The summed E-state index contributed by atoms with van der Waals surface area (Å²) in [5, 5.41) is 4.46. The number of aromatic nitrogens is 4. The maximum atomic E-state index is 12.8. The number of fused-ring (bicyclic) bond motifs is 1. The van der Waals surface area contributed by atoms with Crippen molar-refractivity contribution in [3.05, 3.63) is 70.6 Å². The van der Waals surface area contributed by atoms with Crippen LogP contribution in [0.5, 0.6) is 0 Å². The van der Waals surface area contributed by atoms with E-state index >= 15 is 0 Å². The van der Waals surface area contributed by atoms with Gasteiger partial charge < -0.3 is 9.51 Å². The van der Waals surface area contributed by atoms with E-state index in [9.17, 15) is 13.2 Å². The molecule has 0 radical (unpaired) electrons. The Hall–Kier alpha value is -3.37. The van der Waals surface area contributed by atoms with Crippen LogP contribution in [0.1, 0.15) is 30.7 Å². The number of nitrogens with one attached hydrogen (secondary N) is 1. The monoisotopic (exact) mass is 451 g/mol. The molecular weight excluding hydrogens is 430 g/mol. The van der Waals surface area contributed by atoms with Crippen molar-refractivity contribution in [3.8, 4) is 11.4 Å². The number of sulfonamides is 1. The van der Waals surface area contributed by atoms with Gasteiger partial charge in [0.15, 0.2) is 0 Å². The summed E-state index contributed by atoms with van der Waals surface area (Å²) >= 11 is 0. The largest absolute Gasteiger partial charge is 0.339 e. The van der Waals surface area contributed by atoms with Crippen LogP contribution in [0, 0.1) is 0 Å². The van der Waals surface area contributed by atoms with Gasteiger partial charge in [-0.15, -0.1) is 0 Å². The molecule has 2 aromatic carbocycles. The van der Waals surface area contributed by atoms with Gasteiger partial charge in [-0.2, -0.15) is 9.29 Å². The molecule has 9 nitrogen and oxygen atoms in total. The fourth-order valence-corrected chi connectivity index (χ4v) is 5.38. The van der Waals surface area contributed by atoms with Crippen LogP contribution in [0.2, 0.25) is 0 Å². The lowest BCUT2D eigenvalue weighted by atomic mass is 10.1. The SMILES string of the molecule is O=c1[nH]cnc2ccc(-c3noc(Cc4ccc(S(=O)(=O)N5CCCCC5)cc4)n3)cc12. The molecule has 32 heavy (non-hydrogen) atoms. The number of hydrogen-bond acceptors (Lipinski definition) is 7. The van der Waals surface area contributed by atoms with Gasteiger partial charge >= 0.3 is 0 Å². The van der Waals surface area contributed by atoms with Crippen LogP contribution in [0.15, 0.2) is 63.0 Å². The first-order valence-corrected chi connectivity index (χ1v) is 11.8. The Morgan fingerprint density at radius 2 is 1.81 bits per heavy atom. The molecule has 4 aromatic rings. The van der Waals surface area contributed by atoms with Crippen molar-refractivity contribution in [1.29, 1.82) is 0 Å². The second-order valence-corrected chi connectivity index (χ2v) is 9.70. The van der Waals surface area contributed by atoms with Crippen LogP contribution < -0.4 is 5.56 Å². The van der Waals surface area contributed by atoms with Gasteiger partial charge in [0.25, 0.3) is 5.56 Å². The Labute approximate surface area is 184 Å². The second-order valence-electron chi connectivity index (χ2n) is 7.76. The van der Waals surface area contributed by atoms with Crippen LogP contribution in [0.25, 0.3) is 22.3 Å². The molecule has 2 aromatic heterocycles. The van der Waals surface area contributed by atoms with E-state index in [1.165, 1.54) is 6.33 Å². The topological polar surface area (TPSA) is 122 Å². The van der Waals surface area contributed by atoms with Crippen LogP contribution in [-0.2, 0) is 16.4 Å². The number of aromatic amines is 1. The fourth-order valence-electron chi connectivity index (χ4n) is 3.86. The predicted octanol–water partition coefficient (Wildman–Crippen LogP) is 2.74. The highest BCUT2D eigenvalue weighted by atomic mass is 32.2. The van der Waals surface area contributed by atoms with Crippen LogP contribution in [0.3, 0.4) is 0 Å². The zero-order valence-electron chi connectivity index (χ0n) is 17.2. The maximum absolute atomic E-state index is 12.8. The highest BCUT2D eigenvalue weighted by Crippen LogP contribution is 2.23. The zero-order valence-corrected chi connectivity index (χ0v) is 18.0. The Kier molecular flexibility index (Phi) is 5.32.